The van der Waals surface area contributed by atoms with Gasteiger partial charge in [-0.25, -0.2) is 0 Å². The van der Waals surface area contributed by atoms with Gasteiger partial charge in [0.05, 0.1) is 0 Å². The molecule has 0 saturated heterocycles. The number of hydrogen-bond donors (Lipinski definition) is 0. The molecule has 2 nitrogen and oxygen atoms in total. The summed E-state index contributed by atoms with van der Waals surface area (Å²) in [5.41, 5.74) is 0. The number of ether oxygens (including phenoxy) is 1. The van der Waals surface area contributed by atoms with E-state index in [-0.39, 0.29) is 5.97 Å². The van der Waals surface area contributed by atoms with E-state index in [1.165, 1.54) is 10.8 Å². The van der Waals surface area contributed by atoms with Gasteiger partial charge in [0.15, 0.2) is 0 Å². The average molecular weight is 250 g/mol. The van der Waals surface area contributed by atoms with Crippen LogP contribution in [0, 0.1) is 0 Å². The zero-order chi connectivity index (χ0) is 13.2. The highest BCUT2D eigenvalue weighted by Crippen LogP contribution is 2.31. The fraction of sp³-hybridized carbons (Fsp3) is 0.118. The Labute approximate surface area is 111 Å². The molecule has 0 N–H and O–H groups in total. The molecule has 0 heterocycles. The SMILES string of the molecule is CCC(=O)Oc1cccc2c1ccc1ccccc12. The van der Waals surface area contributed by atoms with Gasteiger partial charge in [-0.05, 0) is 28.3 Å². The van der Waals surface area contributed by atoms with Crippen LogP contribution in [0.15, 0.2) is 54.6 Å². The lowest BCUT2D eigenvalue weighted by molar-refractivity contribution is -0.133. The highest BCUT2D eigenvalue weighted by Gasteiger charge is 2.08. The monoisotopic (exact) mass is 250 g/mol. The quantitative estimate of drug-likeness (QED) is 0.385. The van der Waals surface area contributed by atoms with Crippen LogP contribution in [0.3, 0.4) is 0 Å². The molecular weight excluding hydrogens is 236 g/mol. The zero-order valence-electron chi connectivity index (χ0n) is 10.7. The number of benzene rings is 3. The van der Waals surface area contributed by atoms with Crippen LogP contribution >= 0.6 is 0 Å². The summed E-state index contributed by atoms with van der Waals surface area (Å²) in [4.78, 5) is 11.5. The molecule has 0 aromatic heterocycles. The van der Waals surface area contributed by atoms with Gasteiger partial charge in [0.1, 0.15) is 5.75 Å². The summed E-state index contributed by atoms with van der Waals surface area (Å²) in [6.45, 7) is 1.79. The van der Waals surface area contributed by atoms with Crippen LogP contribution in [0.2, 0.25) is 0 Å². The van der Waals surface area contributed by atoms with Crippen molar-refractivity contribution in [1.29, 1.82) is 0 Å². The van der Waals surface area contributed by atoms with Crippen LogP contribution in [0.1, 0.15) is 13.3 Å². The lowest BCUT2D eigenvalue weighted by Gasteiger charge is -2.09. The minimum atomic E-state index is -0.208. The molecule has 0 bridgehead atoms. The maximum absolute atomic E-state index is 11.5. The molecule has 3 aromatic rings. The third-order valence-electron chi connectivity index (χ3n) is 3.26. The summed E-state index contributed by atoms with van der Waals surface area (Å²) in [5.74, 6) is 0.427. The largest absolute Gasteiger partial charge is 0.426 e. The molecule has 94 valence electrons. The van der Waals surface area contributed by atoms with Crippen LogP contribution in [0.5, 0.6) is 5.75 Å². The Bertz CT molecular complexity index is 759. The highest BCUT2D eigenvalue weighted by molar-refractivity contribution is 6.09. The van der Waals surface area contributed by atoms with E-state index >= 15 is 0 Å². The molecule has 0 spiro atoms. The minimum absolute atomic E-state index is 0.208. The van der Waals surface area contributed by atoms with Gasteiger partial charge in [0.25, 0.3) is 0 Å². The number of esters is 1. The van der Waals surface area contributed by atoms with Gasteiger partial charge >= 0.3 is 5.97 Å². The van der Waals surface area contributed by atoms with E-state index in [2.05, 4.69) is 24.3 Å². The van der Waals surface area contributed by atoms with E-state index in [4.69, 9.17) is 4.74 Å². The molecule has 0 radical (unpaired) electrons. The molecular formula is C17H14O2. The Hall–Kier alpha value is -2.35. The minimum Gasteiger partial charge on any atom is -0.426 e. The van der Waals surface area contributed by atoms with E-state index in [0.29, 0.717) is 12.2 Å². The molecule has 0 aliphatic carbocycles. The smallest absolute Gasteiger partial charge is 0.310 e. The Morgan fingerprint density at radius 1 is 0.895 bits per heavy atom. The maximum Gasteiger partial charge on any atom is 0.310 e. The van der Waals surface area contributed by atoms with Crippen molar-refractivity contribution >= 4 is 27.5 Å². The summed E-state index contributed by atoms with van der Waals surface area (Å²) < 4.78 is 5.39. The van der Waals surface area contributed by atoms with Crippen molar-refractivity contribution in [3.05, 3.63) is 54.6 Å². The van der Waals surface area contributed by atoms with E-state index < -0.39 is 0 Å². The lowest BCUT2D eigenvalue weighted by atomic mass is 10.0. The zero-order valence-corrected chi connectivity index (χ0v) is 10.7. The van der Waals surface area contributed by atoms with Crippen molar-refractivity contribution in [2.45, 2.75) is 13.3 Å². The number of carbonyl (C=O) groups excluding carboxylic acids is 1. The normalized spacial score (nSPS) is 10.8. The summed E-state index contributed by atoms with van der Waals surface area (Å²) in [7, 11) is 0. The molecule has 0 amide bonds. The predicted octanol–water partition coefficient (Wildman–Crippen LogP) is 4.31. The van der Waals surface area contributed by atoms with Crippen molar-refractivity contribution in [3.8, 4) is 5.75 Å². The van der Waals surface area contributed by atoms with Gasteiger partial charge < -0.3 is 4.74 Å². The molecule has 3 rings (SSSR count). The molecule has 19 heavy (non-hydrogen) atoms. The Morgan fingerprint density at radius 3 is 2.53 bits per heavy atom. The summed E-state index contributed by atoms with van der Waals surface area (Å²) in [6.07, 6.45) is 0.379. The molecule has 0 fully saturated rings. The fourth-order valence-corrected chi connectivity index (χ4v) is 2.30. The van der Waals surface area contributed by atoms with Crippen LogP contribution < -0.4 is 4.74 Å². The van der Waals surface area contributed by atoms with Crippen LogP contribution in [-0.4, -0.2) is 5.97 Å². The highest BCUT2D eigenvalue weighted by atomic mass is 16.5. The number of fused-ring (bicyclic) bond motifs is 3. The van der Waals surface area contributed by atoms with Crippen LogP contribution in [0.4, 0.5) is 0 Å². The van der Waals surface area contributed by atoms with E-state index in [1.54, 1.807) is 6.92 Å². The Balaban J connectivity index is 2.26. The van der Waals surface area contributed by atoms with Gasteiger partial charge in [0.2, 0.25) is 0 Å². The van der Waals surface area contributed by atoms with Crippen molar-refractivity contribution in [1.82, 2.24) is 0 Å². The second-order valence-electron chi connectivity index (χ2n) is 4.47. The van der Waals surface area contributed by atoms with Gasteiger partial charge in [-0.2, -0.15) is 0 Å². The number of rotatable bonds is 2. The standard InChI is InChI=1S/C17H14O2/c1-2-17(18)19-16-9-5-8-14-13-7-4-3-6-12(13)10-11-15(14)16/h3-11H,2H2,1H3. The summed E-state index contributed by atoms with van der Waals surface area (Å²) in [6, 6.07) is 18.1. The van der Waals surface area contributed by atoms with Crippen LogP contribution in [0.25, 0.3) is 21.5 Å². The number of hydrogen-bond acceptors (Lipinski definition) is 2. The first-order chi connectivity index (χ1) is 9.29. The first-order valence-electron chi connectivity index (χ1n) is 6.41. The Morgan fingerprint density at radius 2 is 1.68 bits per heavy atom. The molecule has 2 heteroatoms. The van der Waals surface area contributed by atoms with Crippen molar-refractivity contribution < 1.29 is 9.53 Å². The van der Waals surface area contributed by atoms with Gasteiger partial charge in [-0.1, -0.05) is 49.4 Å². The summed E-state index contributed by atoms with van der Waals surface area (Å²) in [5, 5.41) is 4.45. The third kappa shape index (κ3) is 2.06. The van der Waals surface area contributed by atoms with Crippen LogP contribution in [-0.2, 0) is 4.79 Å². The van der Waals surface area contributed by atoms with Crippen molar-refractivity contribution in [2.24, 2.45) is 0 Å². The first-order valence-corrected chi connectivity index (χ1v) is 6.41. The topological polar surface area (TPSA) is 26.3 Å². The van der Waals surface area contributed by atoms with E-state index in [1.807, 2.05) is 30.3 Å². The fourth-order valence-electron chi connectivity index (χ4n) is 2.30. The first kappa shape index (κ1) is 11.7. The van der Waals surface area contributed by atoms with Gasteiger partial charge in [-0.3, -0.25) is 4.79 Å². The molecule has 0 unspecified atom stereocenters. The second kappa shape index (κ2) is 4.73. The molecule has 0 saturated carbocycles. The molecule has 3 aromatic carbocycles. The van der Waals surface area contributed by atoms with Crippen molar-refractivity contribution in [2.75, 3.05) is 0 Å². The Kier molecular flexibility index (Phi) is 2.92. The summed E-state index contributed by atoms with van der Waals surface area (Å²) >= 11 is 0. The van der Waals surface area contributed by atoms with Crippen molar-refractivity contribution in [3.63, 3.8) is 0 Å². The van der Waals surface area contributed by atoms with Gasteiger partial charge in [0, 0.05) is 11.8 Å². The maximum atomic E-state index is 11.5. The molecule has 0 aliphatic heterocycles. The second-order valence-corrected chi connectivity index (χ2v) is 4.47. The molecule has 0 aliphatic rings. The number of carbonyl (C=O) groups is 1. The van der Waals surface area contributed by atoms with E-state index in [9.17, 15) is 4.79 Å². The molecule has 0 atom stereocenters. The average Bonchev–Trinajstić information content (AvgIpc) is 2.47. The lowest BCUT2D eigenvalue weighted by Crippen LogP contribution is -2.05. The van der Waals surface area contributed by atoms with Gasteiger partial charge in [-0.15, -0.1) is 0 Å². The predicted molar refractivity (Wildman–Crippen MR) is 77.4 cm³/mol. The van der Waals surface area contributed by atoms with E-state index in [0.717, 1.165) is 10.8 Å². The third-order valence-corrected chi connectivity index (χ3v) is 3.26.